The van der Waals surface area contributed by atoms with Crippen molar-refractivity contribution in [1.29, 1.82) is 0 Å². The summed E-state index contributed by atoms with van der Waals surface area (Å²) in [4.78, 5) is 25.8. The van der Waals surface area contributed by atoms with E-state index in [1.54, 1.807) is 36.1 Å². The molecule has 4 rings (SSSR count). The second-order valence-corrected chi connectivity index (χ2v) is 8.04. The molecule has 1 aliphatic heterocycles. The second-order valence-electron chi connectivity index (χ2n) is 7.60. The number of ether oxygens (including phenoxy) is 1. The number of hydrogen-bond donors (Lipinski definition) is 2. The van der Waals surface area contributed by atoms with Crippen molar-refractivity contribution in [2.45, 2.75) is 19.0 Å². The van der Waals surface area contributed by atoms with Gasteiger partial charge in [0.2, 0.25) is 12.3 Å². The van der Waals surface area contributed by atoms with E-state index in [1.165, 1.54) is 0 Å². The minimum absolute atomic E-state index is 0.295. The van der Waals surface area contributed by atoms with E-state index in [0.717, 1.165) is 16.7 Å². The molecule has 0 aromatic heterocycles. The molecule has 1 heterocycles. The Labute approximate surface area is 191 Å². The van der Waals surface area contributed by atoms with Crippen LogP contribution in [0.3, 0.4) is 0 Å². The van der Waals surface area contributed by atoms with E-state index in [1.807, 2.05) is 61.7 Å². The van der Waals surface area contributed by atoms with Crippen LogP contribution in [0.2, 0.25) is 5.02 Å². The maximum atomic E-state index is 12.9. The Balaban J connectivity index is 1.69. The van der Waals surface area contributed by atoms with Gasteiger partial charge in [-0.1, -0.05) is 29.3 Å². The van der Waals surface area contributed by atoms with E-state index in [2.05, 4.69) is 10.7 Å². The van der Waals surface area contributed by atoms with Gasteiger partial charge in [0.05, 0.1) is 7.11 Å². The highest BCUT2D eigenvalue weighted by molar-refractivity contribution is 6.30. The molecule has 0 aliphatic carbocycles. The van der Waals surface area contributed by atoms with Gasteiger partial charge in [-0.3, -0.25) is 9.59 Å². The first kappa shape index (κ1) is 21.6. The first-order chi connectivity index (χ1) is 15.4. The quantitative estimate of drug-likeness (QED) is 0.585. The molecule has 6 nitrogen and oxygen atoms in total. The number of halogens is 1. The predicted octanol–water partition coefficient (Wildman–Crippen LogP) is 3.67. The summed E-state index contributed by atoms with van der Waals surface area (Å²) in [7, 11) is 1.60. The number of benzene rings is 3. The Kier molecular flexibility index (Phi) is 6.23. The summed E-state index contributed by atoms with van der Waals surface area (Å²) in [6.07, 6.45) is 1.82. The van der Waals surface area contributed by atoms with E-state index in [9.17, 15) is 9.59 Å². The molecule has 162 valence electrons. The third-order valence-electron chi connectivity index (χ3n) is 5.35. The van der Waals surface area contributed by atoms with Crippen molar-refractivity contribution in [2.75, 3.05) is 7.11 Å². The zero-order valence-electron chi connectivity index (χ0n) is 17.7. The molecule has 2 atom stereocenters. The minimum atomic E-state index is -0.791. The van der Waals surface area contributed by atoms with E-state index < -0.39 is 12.1 Å². The lowest BCUT2D eigenvalue weighted by Crippen LogP contribution is -2.42. The first-order valence-electron chi connectivity index (χ1n) is 10.2. The summed E-state index contributed by atoms with van der Waals surface area (Å²) in [6, 6.07) is 20.7. The number of nitrogens with zero attached hydrogens (tertiary/aromatic N) is 1. The maximum Gasteiger partial charge on any atom is 0.304 e. The van der Waals surface area contributed by atoms with Gasteiger partial charge in [-0.2, -0.15) is 0 Å². The summed E-state index contributed by atoms with van der Waals surface area (Å²) in [5.41, 5.74) is 6.13. The van der Waals surface area contributed by atoms with Gasteiger partial charge in [-0.25, -0.2) is 0 Å². The summed E-state index contributed by atoms with van der Waals surface area (Å²) in [5.74, 6) is 0.105. The topological polar surface area (TPSA) is 70.4 Å². The number of nitrogens with one attached hydrogen (secondary N) is 2. The Morgan fingerprint density at radius 3 is 2.31 bits per heavy atom. The lowest BCUT2D eigenvalue weighted by atomic mass is 9.99. The largest absolute Gasteiger partial charge is 0.497 e. The zero-order valence-corrected chi connectivity index (χ0v) is 18.5. The second kappa shape index (κ2) is 9.24. The monoisotopic (exact) mass is 448 g/mol. The van der Waals surface area contributed by atoms with Gasteiger partial charge in [0, 0.05) is 21.7 Å². The first-order valence-corrected chi connectivity index (χ1v) is 10.5. The summed E-state index contributed by atoms with van der Waals surface area (Å²) in [6.45, 7) is 1.95. The van der Waals surface area contributed by atoms with Crippen molar-refractivity contribution in [2.24, 2.45) is 0 Å². The van der Waals surface area contributed by atoms with Crippen molar-refractivity contribution >= 4 is 29.6 Å². The lowest BCUT2D eigenvalue weighted by molar-refractivity contribution is -0.596. The van der Waals surface area contributed by atoms with Gasteiger partial charge in [0.25, 0.3) is 5.91 Å². The number of carbonyl (C=O) groups excluding carboxylic acids is 2. The van der Waals surface area contributed by atoms with E-state index >= 15 is 0 Å². The summed E-state index contributed by atoms with van der Waals surface area (Å²) in [5, 5.41) is 3.53. The fourth-order valence-corrected chi connectivity index (χ4v) is 3.75. The molecule has 0 bridgehead atoms. The average molecular weight is 449 g/mol. The van der Waals surface area contributed by atoms with Crippen LogP contribution in [-0.4, -0.2) is 35.9 Å². The Morgan fingerprint density at radius 2 is 1.69 bits per heavy atom. The maximum absolute atomic E-state index is 12.9. The fraction of sp³-hybridized carbons (Fsp3) is 0.160. The van der Waals surface area contributed by atoms with Gasteiger partial charge in [0.1, 0.15) is 5.75 Å². The van der Waals surface area contributed by atoms with Crippen LogP contribution < -0.4 is 15.5 Å². The number of carbonyl (C=O) groups is 2. The molecule has 2 N–H and O–H groups in total. The summed E-state index contributed by atoms with van der Waals surface area (Å²) < 4.78 is 6.98. The van der Waals surface area contributed by atoms with Crippen LogP contribution in [-0.2, 0) is 4.79 Å². The van der Waals surface area contributed by atoms with Gasteiger partial charge in [0.15, 0.2) is 6.04 Å². The van der Waals surface area contributed by atoms with Gasteiger partial charge in [-0.15, -0.1) is 10.1 Å². The van der Waals surface area contributed by atoms with Crippen molar-refractivity contribution in [3.63, 3.8) is 0 Å². The lowest BCUT2D eigenvalue weighted by Gasteiger charge is -2.15. The molecule has 0 saturated carbocycles. The van der Waals surface area contributed by atoms with Crippen LogP contribution in [0.1, 0.15) is 33.1 Å². The highest BCUT2D eigenvalue weighted by Crippen LogP contribution is 2.27. The molecule has 1 saturated heterocycles. The molecule has 0 unspecified atom stereocenters. The van der Waals surface area contributed by atoms with E-state index in [-0.39, 0.29) is 11.8 Å². The van der Waals surface area contributed by atoms with Crippen LogP contribution in [0, 0.1) is 6.92 Å². The van der Waals surface area contributed by atoms with Crippen LogP contribution >= 0.6 is 11.6 Å². The number of hydrazine groups is 1. The minimum Gasteiger partial charge on any atom is -0.497 e. The fourth-order valence-electron chi connectivity index (χ4n) is 3.62. The number of rotatable bonds is 5. The molecular weight excluding hydrogens is 426 g/mol. The standard InChI is InChI=1S/C25H22ClN3O3/c1-16-3-7-19(8-4-16)24(30)27-22-23(18-9-13-21(32-2)14-10-18)29(28-25(22)31)15-17-5-11-20(26)12-6-17/h3-15,22-23H,1-2H3,(H-,27,28,30,31)/p+1/b29-15-/t22-,23-/m0/s1. The molecule has 0 spiro atoms. The molecule has 0 radical (unpaired) electrons. The normalized spacial score (nSPS) is 19.0. The van der Waals surface area contributed by atoms with Crippen LogP contribution in [0.15, 0.2) is 72.8 Å². The smallest absolute Gasteiger partial charge is 0.304 e. The van der Waals surface area contributed by atoms with Gasteiger partial charge >= 0.3 is 5.91 Å². The van der Waals surface area contributed by atoms with Crippen molar-refractivity contribution in [3.05, 3.63) is 100 Å². The van der Waals surface area contributed by atoms with E-state index in [4.69, 9.17) is 16.3 Å². The zero-order chi connectivity index (χ0) is 22.7. The average Bonchev–Trinajstić information content (AvgIpc) is 3.10. The Bertz CT molecular complexity index is 1160. The third-order valence-corrected chi connectivity index (χ3v) is 5.61. The van der Waals surface area contributed by atoms with Gasteiger partial charge in [-0.05, 0) is 67.6 Å². The van der Waals surface area contributed by atoms with Crippen LogP contribution in [0.4, 0.5) is 0 Å². The molecule has 32 heavy (non-hydrogen) atoms. The third kappa shape index (κ3) is 4.65. The van der Waals surface area contributed by atoms with Crippen LogP contribution in [0.5, 0.6) is 5.75 Å². The number of aryl methyl sites for hydroxylation is 1. The summed E-state index contributed by atoms with van der Waals surface area (Å²) >= 11 is 6.00. The van der Waals surface area contributed by atoms with Crippen LogP contribution in [0.25, 0.3) is 0 Å². The van der Waals surface area contributed by atoms with Crippen molar-refractivity contribution < 1.29 is 19.0 Å². The number of hydrogen-bond acceptors (Lipinski definition) is 3. The van der Waals surface area contributed by atoms with Crippen molar-refractivity contribution in [1.82, 2.24) is 10.7 Å². The Hall–Kier alpha value is -3.64. The molecule has 3 aromatic rings. The highest BCUT2D eigenvalue weighted by Gasteiger charge is 2.47. The molecule has 7 heteroatoms. The SMILES string of the molecule is COc1ccc([C@H]2[C@H](NC(=O)c3ccc(C)cc3)C(=O)N/[N+]2=C\c2ccc(Cl)cc2)cc1. The molecular formula is C25H23ClN3O3+. The Morgan fingerprint density at radius 1 is 1.03 bits per heavy atom. The van der Waals surface area contributed by atoms with Gasteiger partial charge < -0.3 is 10.1 Å². The number of methoxy groups -OCH3 is 1. The molecule has 2 amide bonds. The molecule has 3 aromatic carbocycles. The highest BCUT2D eigenvalue weighted by atomic mass is 35.5. The predicted molar refractivity (Wildman–Crippen MR) is 123 cm³/mol. The molecule has 1 fully saturated rings. The number of hydrazone groups is 1. The number of amides is 2. The molecule has 1 aliphatic rings. The van der Waals surface area contributed by atoms with Crippen molar-refractivity contribution in [3.8, 4) is 5.75 Å². The van der Waals surface area contributed by atoms with E-state index in [0.29, 0.717) is 16.3 Å².